The number of nitrogens with two attached hydrogens (primary N) is 1. The van der Waals surface area contributed by atoms with E-state index in [1.54, 1.807) is 20.8 Å². The van der Waals surface area contributed by atoms with Gasteiger partial charge in [0.15, 0.2) is 0 Å². The second-order valence-corrected chi connectivity index (χ2v) is 8.16. The van der Waals surface area contributed by atoms with Gasteiger partial charge in [0, 0.05) is 13.0 Å². The number of carbonyl (C=O) groups excluding carboxylic acids is 3. The van der Waals surface area contributed by atoms with Crippen LogP contribution in [0.15, 0.2) is 0 Å². The maximum atomic E-state index is 12.3. The highest BCUT2D eigenvalue weighted by molar-refractivity contribution is 5.84. The topological polar surface area (TPSA) is 120 Å². The van der Waals surface area contributed by atoms with Gasteiger partial charge in [-0.3, -0.25) is 4.79 Å². The zero-order valence-electron chi connectivity index (χ0n) is 18.7. The van der Waals surface area contributed by atoms with Gasteiger partial charge in [0.1, 0.15) is 11.6 Å². The summed E-state index contributed by atoms with van der Waals surface area (Å²) in [7, 11) is 0. The van der Waals surface area contributed by atoms with Crippen molar-refractivity contribution in [3.8, 4) is 0 Å². The summed E-state index contributed by atoms with van der Waals surface area (Å²) in [4.78, 5) is 36.1. The second kappa shape index (κ2) is 16.0. The molecule has 0 heterocycles. The fraction of sp³-hybridized carbons (Fsp3) is 0.857. The Hall–Kier alpha value is -1.83. The minimum atomic E-state index is -0.654. The van der Waals surface area contributed by atoms with E-state index in [9.17, 15) is 14.4 Å². The van der Waals surface area contributed by atoms with Crippen LogP contribution in [-0.2, 0) is 19.1 Å². The van der Waals surface area contributed by atoms with Crippen molar-refractivity contribution in [1.82, 2.24) is 10.6 Å². The van der Waals surface area contributed by atoms with Gasteiger partial charge in [-0.25, -0.2) is 9.59 Å². The number of amides is 2. The molecule has 0 radical (unpaired) electrons. The summed E-state index contributed by atoms with van der Waals surface area (Å²) in [5.41, 5.74) is 4.95. The Morgan fingerprint density at radius 3 is 2.34 bits per heavy atom. The van der Waals surface area contributed by atoms with E-state index in [4.69, 9.17) is 15.2 Å². The lowest BCUT2D eigenvalue weighted by Gasteiger charge is -2.20. The third-order valence-electron chi connectivity index (χ3n) is 4.06. The van der Waals surface area contributed by atoms with E-state index in [0.29, 0.717) is 32.5 Å². The summed E-state index contributed by atoms with van der Waals surface area (Å²) < 4.78 is 10.5. The van der Waals surface area contributed by atoms with Crippen molar-refractivity contribution in [2.24, 2.45) is 5.73 Å². The number of carbonyl (C=O) groups is 3. The molecule has 29 heavy (non-hydrogen) atoms. The van der Waals surface area contributed by atoms with Crippen LogP contribution in [0.5, 0.6) is 0 Å². The van der Waals surface area contributed by atoms with E-state index >= 15 is 0 Å². The Labute approximate surface area is 175 Å². The van der Waals surface area contributed by atoms with E-state index in [1.807, 2.05) is 0 Å². The summed E-state index contributed by atoms with van der Waals surface area (Å²) in [6, 6.07) is -0.654. The van der Waals surface area contributed by atoms with Gasteiger partial charge < -0.3 is 25.8 Å². The Balaban J connectivity index is 4.27. The first-order chi connectivity index (χ1) is 13.7. The molecule has 1 atom stereocenters. The van der Waals surface area contributed by atoms with Gasteiger partial charge in [-0.05, 0) is 59.4 Å². The Bertz CT molecular complexity index is 477. The zero-order valence-corrected chi connectivity index (χ0v) is 18.7. The number of hydrogen-bond acceptors (Lipinski definition) is 6. The molecule has 8 nitrogen and oxygen atoms in total. The predicted octanol–water partition coefficient (Wildman–Crippen LogP) is 3.03. The summed E-state index contributed by atoms with van der Waals surface area (Å²) in [5, 5.41) is 5.37. The lowest BCUT2D eigenvalue weighted by atomic mass is 10.1. The van der Waals surface area contributed by atoms with Crippen molar-refractivity contribution < 1.29 is 23.9 Å². The smallest absolute Gasteiger partial charge is 0.407 e. The standard InChI is InChI=1S/C21H41N3O5/c1-5-6-7-10-16-28-19(26)17(12-8-9-14-22)24-18(25)13-11-15-23-20(27)29-21(2,3)4/h17H,5-16,22H2,1-4H3,(H,23,27)(H,24,25)/t17-/m0/s1. The maximum absolute atomic E-state index is 12.3. The second-order valence-electron chi connectivity index (χ2n) is 8.16. The summed E-state index contributed by atoms with van der Waals surface area (Å²) >= 11 is 0. The Morgan fingerprint density at radius 2 is 1.72 bits per heavy atom. The van der Waals surface area contributed by atoms with Crippen LogP contribution in [0.4, 0.5) is 4.79 Å². The number of alkyl carbamates (subject to hydrolysis) is 1. The molecule has 0 aliphatic carbocycles. The van der Waals surface area contributed by atoms with Crippen molar-refractivity contribution in [1.29, 1.82) is 0 Å². The van der Waals surface area contributed by atoms with E-state index in [0.717, 1.165) is 38.5 Å². The molecule has 0 aromatic carbocycles. The lowest BCUT2D eigenvalue weighted by molar-refractivity contribution is -0.148. The molecule has 0 aromatic rings. The molecule has 170 valence electrons. The molecular weight excluding hydrogens is 374 g/mol. The number of hydrogen-bond donors (Lipinski definition) is 3. The number of esters is 1. The van der Waals surface area contributed by atoms with Gasteiger partial charge in [0.05, 0.1) is 6.61 Å². The van der Waals surface area contributed by atoms with Gasteiger partial charge in [0.25, 0.3) is 0 Å². The molecule has 0 aliphatic rings. The van der Waals surface area contributed by atoms with Gasteiger partial charge in [-0.1, -0.05) is 26.2 Å². The monoisotopic (exact) mass is 415 g/mol. The molecule has 0 bridgehead atoms. The van der Waals surface area contributed by atoms with Gasteiger partial charge in [-0.2, -0.15) is 0 Å². The third-order valence-corrected chi connectivity index (χ3v) is 4.06. The van der Waals surface area contributed by atoms with Gasteiger partial charge in [0.2, 0.25) is 5.91 Å². The van der Waals surface area contributed by atoms with Crippen molar-refractivity contribution in [3.63, 3.8) is 0 Å². The van der Waals surface area contributed by atoms with Crippen LogP contribution in [-0.4, -0.2) is 49.3 Å². The highest BCUT2D eigenvalue weighted by atomic mass is 16.6. The third kappa shape index (κ3) is 16.8. The molecule has 0 aliphatic heterocycles. The molecule has 0 saturated heterocycles. The number of unbranched alkanes of at least 4 members (excludes halogenated alkanes) is 4. The van der Waals surface area contributed by atoms with Gasteiger partial charge >= 0.3 is 12.1 Å². The van der Waals surface area contributed by atoms with Crippen molar-refractivity contribution in [2.45, 2.75) is 97.1 Å². The highest BCUT2D eigenvalue weighted by Gasteiger charge is 2.22. The largest absolute Gasteiger partial charge is 0.464 e. The van der Waals surface area contributed by atoms with E-state index in [2.05, 4.69) is 17.6 Å². The molecule has 0 unspecified atom stereocenters. The van der Waals surface area contributed by atoms with Crippen LogP contribution in [0, 0.1) is 0 Å². The average Bonchev–Trinajstić information content (AvgIpc) is 2.63. The summed E-state index contributed by atoms with van der Waals surface area (Å²) in [5.74, 6) is -0.629. The molecule has 4 N–H and O–H groups in total. The van der Waals surface area contributed by atoms with E-state index in [1.165, 1.54) is 0 Å². The van der Waals surface area contributed by atoms with Crippen LogP contribution in [0.2, 0.25) is 0 Å². The van der Waals surface area contributed by atoms with Crippen LogP contribution < -0.4 is 16.4 Å². The summed E-state index contributed by atoms with van der Waals surface area (Å²) in [6.07, 6.45) is 6.27. The fourth-order valence-corrected chi connectivity index (χ4v) is 2.56. The Morgan fingerprint density at radius 1 is 1.00 bits per heavy atom. The molecule has 2 amide bonds. The van der Waals surface area contributed by atoms with Crippen LogP contribution in [0.1, 0.15) is 85.5 Å². The predicted molar refractivity (Wildman–Crippen MR) is 113 cm³/mol. The lowest BCUT2D eigenvalue weighted by Crippen LogP contribution is -2.42. The van der Waals surface area contributed by atoms with Crippen LogP contribution in [0.3, 0.4) is 0 Å². The normalized spacial score (nSPS) is 12.2. The molecular formula is C21H41N3O5. The molecule has 0 fully saturated rings. The maximum Gasteiger partial charge on any atom is 0.407 e. The van der Waals surface area contributed by atoms with Crippen molar-refractivity contribution >= 4 is 18.0 Å². The zero-order chi connectivity index (χ0) is 22.1. The molecule has 0 rings (SSSR count). The van der Waals surface area contributed by atoms with E-state index in [-0.39, 0.29) is 12.3 Å². The average molecular weight is 416 g/mol. The van der Waals surface area contributed by atoms with E-state index < -0.39 is 23.7 Å². The SMILES string of the molecule is CCCCCCOC(=O)[C@H](CCCCN)NC(=O)CCCNC(=O)OC(C)(C)C. The molecule has 0 aromatic heterocycles. The number of ether oxygens (including phenoxy) is 2. The first-order valence-corrected chi connectivity index (χ1v) is 10.8. The van der Waals surface area contributed by atoms with Crippen LogP contribution >= 0.6 is 0 Å². The molecule has 0 saturated carbocycles. The highest BCUT2D eigenvalue weighted by Crippen LogP contribution is 2.07. The number of rotatable bonds is 15. The minimum absolute atomic E-state index is 0.201. The fourth-order valence-electron chi connectivity index (χ4n) is 2.56. The first-order valence-electron chi connectivity index (χ1n) is 10.8. The molecule has 8 heteroatoms. The van der Waals surface area contributed by atoms with Crippen LogP contribution in [0.25, 0.3) is 0 Å². The number of nitrogens with one attached hydrogen (secondary N) is 2. The quantitative estimate of drug-likeness (QED) is 0.279. The first kappa shape index (κ1) is 27.2. The van der Waals surface area contributed by atoms with Crippen molar-refractivity contribution in [3.05, 3.63) is 0 Å². The van der Waals surface area contributed by atoms with Gasteiger partial charge in [-0.15, -0.1) is 0 Å². The summed E-state index contributed by atoms with van der Waals surface area (Å²) in [6.45, 7) is 8.72. The van der Waals surface area contributed by atoms with Crippen molar-refractivity contribution in [2.75, 3.05) is 19.7 Å². The minimum Gasteiger partial charge on any atom is -0.464 e. The Kier molecular flexibility index (Phi) is 15.0. The molecule has 0 spiro atoms.